The van der Waals surface area contributed by atoms with E-state index in [1.165, 1.54) is 22.9 Å². The molecule has 1 aromatic heterocycles. The first-order valence-corrected chi connectivity index (χ1v) is 8.62. The molecule has 1 aliphatic rings. The molecular formula is C19H26N2O2. The van der Waals surface area contributed by atoms with Crippen molar-refractivity contribution in [2.24, 2.45) is 0 Å². The van der Waals surface area contributed by atoms with Crippen LogP contribution in [0.3, 0.4) is 0 Å². The summed E-state index contributed by atoms with van der Waals surface area (Å²) in [6.07, 6.45) is 7.79. The largest absolute Gasteiger partial charge is 0.389 e. The molecule has 23 heavy (non-hydrogen) atoms. The lowest BCUT2D eigenvalue weighted by Gasteiger charge is -2.31. The highest BCUT2D eigenvalue weighted by Crippen LogP contribution is 2.30. The first-order chi connectivity index (χ1) is 11.1. The Kier molecular flexibility index (Phi) is 4.71. The highest BCUT2D eigenvalue weighted by molar-refractivity contribution is 5.86. The van der Waals surface area contributed by atoms with E-state index in [9.17, 15) is 9.90 Å². The number of H-pyrrole nitrogens is 1. The topological polar surface area (TPSA) is 65.1 Å². The highest BCUT2D eigenvalue weighted by Gasteiger charge is 2.31. The van der Waals surface area contributed by atoms with Crippen molar-refractivity contribution in [1.82, 2.24) is 10.3 Å². The molecule has 0 unspecified atom stereocenters. The molecule has 0 atom stereocenters. The van der Waals surface area contributed by atoms with Gasteiger partial charge in [-0.15, -0.1) is 0 Å². The number of hydrogen-bond acceptors (Lipinski definition) is 2. The Bertz CT molecular complexity index is 684. The molecule has 124 valence electrons. The molecule has 2 aromatic rings. The zero-order valence-electron chi connectivity index (χ0n) is 13.8. The van der Waals surface area contributed by atoms with Gasteiger partial charge in [0.05, 0.1) is 12.0 Å². The SMILES string of the molecule is Cc1cccc2[nH]cc(CCNC(=O)CC3(O)CCCCC3)c12. The van der Waals surface area contributed by atoms with Crippen LogP contribution in [0.2, 0.25) is 0 Å². The predicted molar refractivity (Wildman–Crippen MR) is 92.4 cm³/mol. The summed E-state index contributed by atoms with van der Waals surface area (Å²) in [5, 5.41) is 14.7. The van der Waals surface area contributed by atoms with E-state index in [4.69, 9.17) is 0 Å². The highest BCUT2D eigenvalue weighted by atomic mass is 16.3. The van der Waals surface area contributed by atoms with E-state index >= 15 is 0 Å². The van der Waals surface area contributed by atoms with Crippen LogP contribution >= 0.6 is 0 Å². The predicted octanol–water partition coefficient (Wildman–Crippen LogP) is 3.22. The number of fused-ring (bicyclic) bond motifs is 1. The number of nitrogens with one attached hydrogen (secondary N) is 2. The van der Waals surface area contributed by atoms with Crippen LogP contribution in [0.4, 0.5) is 0 Å². The minimum atomic E-state index is -0.778. The van der Waals surface area contributed by atoms with Crippen LogP contribution in [0.1, 0.15) is 49.7 Å². The molecule has 4 nitrogen and oxygen atoms in total. The molecule has 1 saturated carbocycles. The Balaban J connectivity index is 1.53. The number of rotatable bonds is 5. The van der Waals surface area contributed by atoms with E-state index in [-0.39, 0.29) is 12.3 Å². The molecule has 1 aromatic carbocycles. The Hall–Kier alpha value is -1.81. The van der Waals surface area contributed by atoms with Crippen molar-refractivity contribution in [3.8, 4) is 0 Å². The van der Waals surface area contributed by atoms with Gasteiger partial charge >= 0.3 is 0 Å². The van der Waals surface area contributed by atoms with Crippen LogP contribution in [0.25, 0.3) is 10.9 Å². The molecule has 0 spiro atoms. The number of amides is 1. The smallest absolute Gasteiger partial charge is 0.222 e. The number of carbonyl (C=O) groups excluding carboxylic acids is 1. The Morgan fingerprint density at radius 1 is 1.30 bits per heavy atom. The van der Waals surface area contributed by atoms with Crippen molar-refractivity contribution in [3.63, 3.8) is 0 Å². The molecule has 1 amide bonds. The quantitative estimate of drug-likeness (QED) is 0.793. The molecule has 3 N–H and O–H groups in total. The van der Waals surface area contributed by atoms with Gasteiger partial charge in [-0.1, -0.05) is 31.4 Å². The van der Waals surface area contributed by atoms with Crippen molar-refractivity contribution in [2.45, 2.75) is 57.5 Å². The molecule has 3 rings (SSSR count). The fraction of sp³-hybridized carbons (Fsp3) is 0.526. The van der Waals surface area contributed by atoms with Gasteiger partial charge < -0.3 is 15.4 Å². The van der Waals surface area contributed by atoms with E-state index in [1.807, 2.05) is 12.3 Å². The second-order valence-corrected chi connectivity index (χ2v) is 6.87. The van der Waals surface area contributed by atoms with Gasteiger partial charge in [0.1, 0.15) is 0 Å². The number of benzene rings is 1. The van der Waals surface area contributed by atoms with Gasteiger partial charge in [-0.3, -0.25) is 4.79 Å². The molecule has 1 heterocycles. The number of carbonyl (C=O) groups is 1. The zero-order valence-corrected chi connectivity index (χ0v) is 13.8. The number of aryl methyl sites for hydroxylation is 1. The average Bonchev–Trinajstić information content (AvgIpc) is 2.92. The van der Waals surface area contributed by atoms with Crippen molar-refractivity contribution < 1.29 is 9.90 Å². The van der Waals surface area contributed by atoms with Crippen LogP contribution in [-0.4, -0.2) is 28.1 Å². The van der Waals surface area contributed by atoms with E-state index in [1.54, 1.807) is 0 Å². The Morgan fingerprint density at radius 3 is 2.87 bits per heavy atom. The third kappa shape index (κ3) is 3.75. The van der Waals surface area contributed by atoms with E-state index in [0.29, 0.717) is 6.54 Å². The van der Waals surface area contributed by atoms with Gasteiger partial charge in [-0.05, 0) is 43.4 Å². The minimum Gasteiger partial charge on any atom is -0.389 e. The van der Waals surface area contributed by atoms with Gasteiger partial charge in [0.15, 0.2) is 0 Å². The van der Waals surface area contributed by atoms with Gasteiger partial charge in [0, 0.05) is 23.6 Å². The lowest BCUT2D eigenvalue weighted by atomic mass is 9.82. The molecule has 0 bridgehead atoms. The average molecular weight is 314 g/mol. The van der Waals surface area contributed by atoms with Crippen LogP contribution in [-0.2, 0) is 11.2 Å². The molecule has 1 aliphatic carbocycles. The van der Waals surface area contributed by atoms with Gasteiger partial charge in [0.2, 0.25) is 5.91 Å². The standard InChI is InChI=1S/C19H26N2O2/c1-14-6-5-7-16-18(14)15(13-21-16)8-11-20-17(22)12-19(23)9-3-2-4-10-19/h5-7,13,21,23H,2-4,8-12H2,1H3,(H,20,22). The summed E-state index contributed by atoms with van der Waals surface area (Å²) in [7, 11) is 0. The van der Waals surface area contributed by atoms with Gasteiger partial charge in [-0.2, -0.15) is 0 Å². The van der Waals surface area contributed by atoms with Crippen molar-refractivity contribution in [2.75, 3.05) is 6.54 Å². The molecular weight excluding hydrogens is 288 g/mol. The van der Waals surface area contributed by atoms with Crippen LogP contribution in [0.5, 0.6) is 0 Å². The summed E-state index contributed by atoms with van der Waals surface area (Å²) in [4.78, 5) is 15.4. The summed E-state index contributed by atoms with van der Waals surface area (Å²) >= 11 is 0. The zero-order chi connectivity index (χ0) is 16.3. The maximum absolute atomic E-state index is 12.1. The summed E-state index contributed by atoms with van der Waals surface area (Å²) in [6.45, 7) is 2.72. The van der Waals surface area contributed by atoms with Gasteiger partial charge in [0.25, 0.3) is 0 Å². The maximum Gasteiger partial charge on any atom is 0.222 e. The van der Waals surface area contributed by atoms with Crippen LogP contribution < -0.4 is 5.32 Å². The fourth-order valence-electron chi connectivity index (χ4n) is 3.73. The first-order valence-electron chi connectivity index (χ1n) is 8.62. The lowest BCUT2D eigenvalue weighted by molar-refractivity contribution is -0.127. The monoisotopic (exact) mass is 314 g/mol. The Labute approximate surface area is 137 Å². The molecule has 0 radical (unpaired) electrons. The molecule has 0 aliphatic heterocycles. The second-order valence-electron chi connectivity index (χ2n) is 6.87. The summed E-state index contributed by atoms with van der Waals surface area (Å²) in [5.41, 5.74) is 2.85. The van der Waals surface area contributed by atoms with E-state index in [2.05, 4.69) is 29.4 Å². The first kappa shape index (κ1) is 16.1. The Morgan fingerprint density at radius 2 is 2.09 bits per heavy atom. The van der Waals surface area contributed by atoms with Crippen LogP contribution in [0, 0.1) is 6.92 Å². The molecule has 4 heteroatoms. The molecule has 1 fully saturated rings. The van der Waals surface area contributed by atoms with Gasteiger partial charge in [-0.25, -0.2) is 0 Å². The van der Waals surface area contributed by atoms with Crippen molar-refractivity contribution in [3.05, 3.63) is 35.5 Å². The number of hydrogen-bond donors (Lipinski definition) is 3. The normalized spacial score (nSPS) is 17.3. The van der Waals surface area contributed by atoms with Crippen LogP contribution in [0.15, 0.2) is 24.4 Å². The lowest BCUT2D eigenvalue weighted by Crippen LogP contribution is -2.38. The number of aliphatic hydroxyl groups is 1. The van der Waals surface area contributed by atoms with E-state index < -0.39 is 5.60 Å². The second kappa shape index (κ2) is 6.75. The summed E-state index contributed by atoms with van der Waals surface area (Å²) in [6, 6.07) is 6.23. The third-order valence-corrected chi connectivity index (χ3v) is 4.99. The third-order valence-electron chi connectivity index (χ3n) is 4.99. The fourth-order valence-corrected chi connectivity index (χ4v) is 3.73. The number of aromatic nitrogens is 1. The minimum absolute atomic E-state index is 0.0361. The van der Waals surface area contributed by atoms with E-state index in [0.717, 1.165) is 37.6 Å². The number of aromatic amines is 1. The maximum atomic E-state index is 12.1. The van der Waals surface area contributed by atoms with Crippen molar-refractivity contribution in [1.29, 1.82) is 0 Å². The summed E-state index contributed by atoms with van der Waals surface area (Å²) < 4.78 is 0. The molecule has 0 saturated heterocycles. The van der Waals surface area contributed by atoms with Crippen molar-refractivity contribution >= 4 is 16.8 Å². The summed E-state index contributed by atoms with van der Waals surface area (Å²) in [5.74, 6) is -0.0361.